The van der Waals surface area contributed by atoms with E-state index in [1.165, 1.54) is 18.9 Å². The van der Waals surface area contributed by atoms with Gasteiger partial charge in [0.1, 0.15) is 6.10 Å². The lowest BCUT2D eigenvalue weighted by Crippen LogP contribution is -2.37. The van der Waals surface area contributed by atoms with Gasteiger partial charge in [0.2, 0.25) is 0 Å². The molecule has 4 atom stereocenters. The summed E-state index contributed by atoms with van der Waals surface area (Å²) in [4.78, 5) is 12.3. The normalized spacial score (nSPS) is 33.5. The predicted octanol–water partition coefficient (Wildman–Crippen LogP) is 4.72. The third-order valence-electron chi connectivity index (χ3n) is 5.46. The van der Waals surface area contributed by atoms with Crippen LogP contribution in [0.3, 0.4) is 0 Å². The van der Waals surface area contributed by atoms with Crippen LogP contribution in [0.25, 0.3) is 0 Å². The molecule has 2 aliphatic carbocycles. The predicted molar refractivity (Wildman–Crippen MR) is 86.4 cm³/mol. The minimum Gasteiger partial charge on any atom is -0.462 e. The first kappa shape index (κ1) is 16.1. The molecular formula is C17H32O2Si. The molecule has 0 aromatic carbocycles. The van der Waals surface area contributed by atoms with Crippen LogP contribution >= 0.6 is 0 Å². The fourth-order valence-corrected chi connectivity index (χ4v) is 6.07. The van der Waals surface area contributed by atoms with Crippen LogP contribution in [0.1, 0.15) is 46.5 Å². The summed E-state index contributed by atoms with van der Waals surface area (Å²) in [6.07, 6.45) is 4.89. The molecule has 0 aromatic rings. The lowest BCUT2D eigenvalue weighted by Gasteiger charge is -2.34. The number of ether oxygens (including phenoxy) is 1. The number of fused-ring (bicyclic) bond motifs is 2. The molecule has 2 bridgehead atoms. The number of carbonyl (C=O) groups excluding carboxylic acids is 1. The van der Waals surface area contributed by atoms with E-state index in [4.69, 9.17) is 4.74 Å². The second-order valence-corrected chi connectivity index (χ2v) is 14.5. The van der Waals surface area contributed by atoms with Gasteiger partial charge in [0.05, 0.1) is 5.41 Å². The SMILES string of the molecule is CCC(C)(C)C(=O)OC1CC2CC(C[Si](C)(C)C)C1C2. The van der Waals surface area contributed by atoms with E-state index in [-0.39, 0.29) is 17.5 Å². The summed E-state index contributed by atoms with van der Waals surface area (Å²) in [6.45, 7) is 13.4. The summed E-state index contributed by atoms with van der Waals surface area (Å²) in [7, 11) is -1.01. The van der Waals surface area contributed by atoms with Crippen LogP contribution in [0.15, 0.2) is 0 Å². The number of rotatable bonds is 5. The minimum absolute atomic E-state index is 0.0179. The van der Waals surface area contributed by atoms with Crippen molar-refractivity contribution in [2.45, 2.75) is 78.2 Å². The maximum Gasteiger partial charge on any atom is 0.311 e. The van der Waals surface area contributed by atoms with E-state index in [1.54, 1.807) is 0 Å². The Bertz CT molecular complexity index is 370. The highest BCUT2D eigenvalue weighted by molar-refractivity contribution is 6.76. The molecule has 2 saturated carbocycles. The van der Waals surface area contributed by atoms with E-state index < -0.39 is 8.07 Å². The van der Waals surface area contributed by atoms with Crippen LogP contribution in [0.5, 0.6) is 0 Å². The molecule has 3 heteroatoms. The van der Waals surface area contributed by atoms with Gasteiger partial charge in [-0.25, -0.2) is 0 Å². The number of esters is 1. The van der Waals surface area contributed by atoms with Gasteiger partial charge < -0.3 is 4.74 Å². The van der Waals surface area contributed by atoms with Gasteiger partial charge >= 0.3 is 5.97 Å². The largest absolute Gasteiger partial charge is 0.462 e. The van der Waals surface area contributed by atoms with Crippen molar-refractivity contribution in [3.8, 4) is 0 Å². The molecule has 116 valence electrons. The second kappa shape index (κ2) is 5.47. The maximum absolute atomic E-state index is 12.3. The smallest absolute Gasteiger partial charge is 0.311 e. The third-order valence-corrected chi connectivity index (χ3v) is 7.21. The monoisotopic (exact) mass is 296 g/mol. The second-order valence-electron chi connectivity index (χ2n) is 8.94. The molecule has 0 radical (unpaired) electrons. The maximum atomic E-state index is 12.3. The van der Waals surface area contributed by atoms with E-state index >= 15 is 0 Å². The first-order valence-electron chi connectivity index (χ1n) is 8.33. The molecule has 0 saturated heterocycles. The molecule has 0 N–H and O–H groups in total. The zero-order valence-electron chi connectivity index (χ0n) is 14.2. The summed E-state index contributed by atoms with van der Waals surface area (Å²) in [5.41, 5.74) is -0.323. The van der Waals surface area contributed by atoms with Gasteiger partial charge in [0.25, 0.3) is 0 Å². The Kier molecular flexibility index (Phi) is 4.39. The molecule has 0 heterocycles. The average molecular weight is 297 g/mol. The lowest BCUT2D eigenvalue weighted by molar-refractivity contribution is -0.163. The topological polar surface area (TPSA) is 26.3 Å². The first-order valence-corrected chi connectivity index (χ1v) is 12.0. The molecule has 2 aliphatic rings. The van der Waals surface area contributed by atoms with Crippen molar-refractivity contribution in [1.82, 2.24) is 0 Å². The Balaban J connectivity index is 1.96. The van der Waals surface area contributed by atoms with Crippen LogP contribution in [-0.4, -0.2) is 20.1 Å². The zero-order valence-corrected chi connectivity index (χ0v) is 15.2. The van der Waals surface area contributed by atoms with Crippen molar-refractivity contribution < 1.29 is 9.53 Å². The molecule has 4 unspecified atom stereocenters. The molecule has 2 fully saturated rings. The molecule has 0 aliphatic heterocycles. The van der Waals surface area contributed by atoms with Crippen molar-refractivity contribution in [2.75, 3.05) is 0 Å². The van der Waals surface area contributed by atoms with Crippen LogP contribution in [-0.2, 0) is 9.53 Å². The lowest BCUT2D eigenvalue weighted by atomic mass is 9.87. The van der Waals surface area contributed by atoms with Gasteiger partial charge in [-0.05, 0) is 57.3 Å². The van der Waals surface area contributed by atoms with Crippen LogP contribution in [0.4, 0.5) is 0 Å². The highest BCUT2D eigenvalue weighted by Gasteiger charge is 2.49. The molecule has 2 nitrogen and oxygen atoms in total. The number of hydrogen-bond donors (Lipinski definition) is 0. The van der Waals surface area contributed by atoms with Gasteiger partial charge in [-0.2, -0.15) is 0 Å². The van der Waals surface area contributed by atoms with Crippen LogP contribution in [0, 0.1) is 23.2 Å². The van der Waals surface area contributed by atoms with Crippen LogP contribution in [0.2, 0.25) is 25.7 Å². The molecular weight excluding hydrogens is 264 g/mol. The summed E-state index contributed by atoms with van der Waals surface area (Å²) in [6, 6.07) is 1.40. The molecule has 0 amide bonds. The highest BCUT2D eigenvalue weighted by Crippen LogP contribution is 2.52. The van der Waals surface area contributed by atoms with Crippen molar-refractivity contribution >= 4 is 14.0 Å². The first-order chi connectivity index (χ1) is 9.12. The Hall–Kier alpha value is -0.313. The number of carbonyl (C=O) groups is 1. The van der Waals surface area contributed by atoms with Crippen molar-refractivity contribution in [1.29, 1.82) is 0 Å². The standard InChI is InChI=1S/C17H32O2Si/c1-7-17(2,3)16(18)19-15-10-12-8-13(14(15)9-12)11-20(4,5)6/h12-15H,7-11H2,1-6H3. The summed E-state index contributed by atoms with van der Waals surface area (Å²) >= 11 is 0. The van der Waals surface area contributed by atoms with Crippen molar-refractivity contribution in [3.05, 3.63) is 0 Å². The van der Waals surface area contributed by atoms with Gasteiger partial charge in [0, 0.05) is 8.07 Å². The molecule has 0 aromatic heterocycles. The highest BCUT2D eigenvalue weighted by atomic mass is 28.3. The van der Waals surface area contributed by atoms with Gasteiger partial charge in [0.15, 0.2) is 0 Å². The Morgan fingerprint density at radius 2 is 1.85 bits per heavy atom. The number of hydrogen-bond acceptors (Lipinski definition) is 2. The average Bonchev–Trinajstić information content (AvgIpc) is 2.85. The molecule has 0 spiro atoms. The fraction of sp³-hybridized carbons (Fsp3) is 0.941. The Morgan fingerprint density at radius 1 is 1.20 bits per heavy atom. The fourth-order valence-electron chi connectivity index (χ4n) is 4.03. The van der Waals surface area contributed by atoms with E-state index in [0.717, 1.165) is 24.7 Å². The molecule has 20 heavy (non-hydrogen) atoms. The van der Waals surface area contributed by atoms with Gasteiger partial charge in [-0.3, -0.25) is 4.79 Å². The third kappa shape index (κ3) is 3.47. The van der Waals surface area contributed by atoms with E-state index in [9.17, 15) is 4.79 Å². The van der Waals surface area contributed by atoms with Crippen molar-refractivity contribution in [3.63, 3.8) is 0 Å². The van der Waals surface area contributed by atoms with Gasteiger partial charge in [-0.15, -0.1) is 0 Å². The molecule has 2 rings (SSSR count). The zero-order chi connectivity index (χ0) is 15.1. The van der Waals surface area contributed by atoms with E-state index in [0.29, 0.717) is 5.92 Å². The Morgan fingerprint density at radius 3 is 2.35 bits per heavy atom. The van der Waals surface area contributed by atoms with E-state index in [1.807, 2.05) is 13.8 Å². The van der Waals surface area contributed by atoms with Crippen molar-refractivity contribution in [2.24, 2.45) is 23.2 Å². The van der Waals surface area contributed by atoms with E-state index in [2.05, 4.69) is 26.6 Å². The Labute approximate surface area is 125 Å². The van der Waals surface area contributed by atoms with Gasteiger partial charge in [-0.1, -0.05) is 32.6 Å². The summed E-state index contributed by atoms with van der Waals surface area (Å²) < 4.78 is 5.92. The summed E-state index contributed by atoms with van der Waals surface area (Å²) in [5, 5.41) is 0. The minimum atomic E-state index is -1.01. The van der Waals surface area contributed by atoms with Crippen LogP contribution < -0.4 is 0 Å². The quantitative estimate of drug-likeness (QED) is 0.542. The summed E-state index contributed by atoms with van der Waals surface area (Å²) in [5.74, 6) is 2.32.